The minimum absolute atomic E-state index is 0.000640. The molecule has 0 N–H and O–H groups in total. The smallest absolute Gasteiger partial charge is 0.258 e. The quantitative estimate of drug-likeness (QED) is 0.331. The Morgan fingerprint density at radius 3 is 2.04 bits per heavy atom. The lowest BCUT2D eigenvalue weighted by atomic mass is 10.3. The van der Waals surface area contributed by atoms with Crippen LogP contribution in [-0.2, 0) is 0 Å². The van der Waals surface area contributed by atoms with E-state index in [1.807, 2.05) is 42.5 Å². The predicted octanol–water partition coefficient (Wildman–Crippen LogP) is 7.20. The highest BCUT2D eigenvalue weighted by atomic mass is 35.5. The third-order valence-corrected chi connectivity index (χ3v) is 6.02. The molecule has 126 valence electrons. The Labute approximate surface area is 163 Å². The van der Waals surface area contributed by atoms with E-state index in [1.54, 1.807) is 18.2 Å². The Bertz CT molecular complexity index is 903. The summed E-state index contributed by atoms with van der Waals surface area (Å²) in [5.74, 6) is 0. The largest absolute Gasteiger partial charge is 0.284 e. The molecular weight excluding hydrogens is 397 g/mol. The van der Waals surface area contributed by atoms with Crippen molar-refractivity contribution in [2.75, 3.05) is 0 Å². The van der Waals surface area contributed by atoms with Crippen LogP contribution in [0.25, 0.3) is 0 Å². The average molecular weight is 408 g/mol. The van der Waals surface area contributed by atoms with Crippen molar-refractivity contribution in [1.82, 2.24) is 0 Å². The third-order valence-electron chi connectivity index (χ3n) is 3.22. The Balaban J connectivity index is 1.97. The van der Waals surface area contributed by atoms with Crippen molar-refractivity contribution < 1.29 is 4.92 Å². The van der Waals surface area contributed by atoms with Gasteiger partial charge in [0.05, 0.1) is 14.8 Å². The number of benzene rings is 3. The lowest BCUT2D eigenvalue weighted by Gasteiger charge is -2.09. The number of hydrogen-bond acceptors (Lipinski definition) is 4. The molecule has 0 saturated heterocycles. The number of halogens is 2. The molecule has 0 amide bonds. The molecule has 0 atom stereocenters. The monoisotopic (exact) mass is 407 g/mol. The van der Waals surface area contributed by atoms with Crippen LogP contribution in [-0.4, -0.2) is 4.92 Å². The van der Waals surface area contributed by atoms with Gasteiger partial charge in [-0.3, -0.25) is 10.1 Å². The molecule has 0 fully saturated rings. The van der Waals surface area contributed by atoms with Crippen LogP contribution in [0.4, 0.5) is 5.69 Å². The number of nitro benzene ring substituents is 1. The standard InChI is InChI=1S/C18H11Cl2NO2S2/c19-12-6-8-14(9-7-12)24-17-11-18(16(21(22)23)10-15(17)20)25-13-4-2-1-3-5-13/h1-11H. The third kappa shape index (κ3) is 4.70. The second kappa shape index (κ2) is 8.15. The zero-order valence-electron chi connectivity index (χ0n) is 12.7. The van der Waals surface area contributed by atoms with Gasteiger partial charge in [0.15, 0.2) is 0 Å². The number of hydrogen-bond donors (Lipinski definition) is 0. The molecule has 0 bridgehead atoms. The van der Waals surface area contributed by atoms with Crippen molar-refractivity contribution in [3.63, 3.8) is 0 Å². The van der Waals surface area contributed by atoms with E-state index in [0.717, 1.165) is 14.7 Å². The van der Waals surface area contributed by atoms with Crippen LogP contribution >= 0.6 is 46.7 Å². The predicted molar refractivity (Wildman–Crippen MR) is 104 cm³/mol. The Morgan fingerprint density at radius 1 is 0.800 bits per heavy atom. The van der Waals surface area contributed by atoms with E-state index in [-0.39, 0.29) is 5.69 Å². The molecule has 3 rings (SSSR count). The van der Waals surface area contributed by atoms with Crippen molar-refractivity contribution in [2.24, 2.45) is 0 Å². The molecule has 3 aromatic carbocycles. The van der Waals surface area contributed by atoms with E-state index >= 15 is 0 Å². The van der Waals surface area contributed by atoms with E-state index in [0.29, 0.717) is 14.9 Å². The van der Waals surface area contributed by atoms with Gasteiger partial charge < -0.3 is 0 Å². The van der Waals surface area contributed by atoms with Crippen LogP contribution < -0.4 is 0 Å². The summed E-state index contributed by atoms with van der Waals surface area (Å²) in [5.41, 5.74) is -0.000640. The van der Waals surface area contributed by atoms with Gasteiger partial charge in [-0.25, -0.2) is 0 Å². The summed E-state index contributed by atoms with van der Waals surface area (Å²) < 4.78 is 0. The second-order valence-corrected chi connectivity index (χ2v) is 8.05. The van der Waals surface area contributed by atoms with Crippen molar-refractivity contribution in [3.05, 3.63) is 86.9 Å². The summed E-state index contributed by atoms with van der Waals surface area (Å²) in [6, 6.07) is 20.0. The molecule has 0 saturated carbocycles. The van der Waals surface area contributed by atoms with Crippen LogP contribution in [0.2, 0.25) is 10.0 Å². The highest BCUT2D eigenvalue weighted by Crippen LogP contribution is 2.42. The van der Waals surface area contributed by atoms with Gasteiger partial charge in [0.1, 0.15) is 0 Å². The van der Waals surface area contributed by atoms with Crippen LogP contribution in [0.5, 0.6) is 0 Å². The number of nitro groups is 1. The zero-order chi connectivity index (χ0) is 17.8. The summed E-state index contributed by atoms with van der Waals surface area (Å²) in [6.07, 6.45) is 0. The first-order valence-corrected chi connectivity index (χ1v) is 9.56. The van der Waals surface area contributed by atoms with Gasteiger partial charge in [-0.05, 0) is 42.5 Å². The van der Waals surface area contributed by atoms with Gasteiger partial charge in [0.25, 0.3) is 5.69 Å². The molecule has 0 aromatic heterocycles. The number of nitrogens with zero attached hydrogens (tertiary/aromatic N) is 1. The van der Waals surface area contributed by atoms with Gasteiger partial charge in [0, 0.05) is 25.8 Å². The molecule has 7 heteroatoms. The first-order chi connectivity index (χ1) is 12.0. The first-order valence-electron chi connectivity index (χ1n) is 7.17. The molecule has 3 nitrogen and oxygen atoms in total. The molecule has 0 heterocycles. The minimum Gasteiger partial charge on any atom is -0.258 e. The van der Waals surface area contributed by atoms with Crippen molar-refractivity contribution in [3.8, 4) is 0 Å². The summed E-state index contributed by atoms with van der Waals surface area (Å²) in [5, 5.41) is 12.4. The topological polar surface area (TPSA) is 43.1 Å². The second-order valence-electron chi connectivity index (χ2n) is 4.98. The minimum atomic E-state index is -0.409. The maximum Gasteiger partial charge on any atom is 0.284 e. The highest BCUT2D eigenvalue weighted by Gasteiger charge is 2.19. The Morgan fingerprint density at radius 2 is 1.40 bits per heavy atom. The van der Waals surface area contributed by atoms with Gasteiger partial charge in [-0.1, -0.05) is 64.9 Å². The Kier molecular flexibility index (Phi) is 5.91. The van der Waals surface area contributed by atoms with Crippen LogP contribution in [0.15, 0.2) is 86.3 Å². The average Bonchev–Trinajstić information content (AvgIpc) is 2.60. The summed E-state index contributed by atoms with van der Waals surface area (Å²) in [7, 11) is 0. The van der Waals surface area contributed by atoms with E-state index < -0.39 is 4.92 Å². The van der Waals surface area contributed by atoms with E-state index in [9.17, 15) is 10.1 Å². The maximum absolute atomic E-state index is 11.4. The molecule has 3 aromatic rings. The summed E-state index contributed by atoms with van der Waals surface area (Å²) in [4.78, 5) is 14.2. The van der Waals surface area contributed by atoms with Crippen LogP contribution in [0.3, 0.4) is 0 Å². The van der Waals surface area contributed by atoms with Gasteiger partial charge in [0.2, 0.25) is 0 Å². The number of rotatable bonds is 5. The van der Waals surface area contributed by atoms with Gasteiger partial charge >= 0.3 is 0 Å². The Hall–Kier alpha value is -1.66. The fourth-order valence-corrected chi connectivity index (χ4v) is 4.37. The highest BCUT2D eigenvalue weighted by molar-refractivity contribution is 8.00. The first kappa shape index (κ1) is 18.1. The van der Waals surface area contributed by atoms with Crippen LogP contribution in [0.1, 0.15) is 0 Å². The van der Waals surface area contributed by atoms with E-state index in [1.165, 1.54) is 29.6 Å². The lowest BCUT2D eigenvalue weighted by molar-refractivity contribution is -0.387. The molecule has 0 aliphatic heterocycles. The van der Waals surface area contributed by atoms with Gasteiger partial charge in [-0.15, -0.1) is 0 Å². The van der Waals surface area contributed by atoms with Crippen molar-refractivity contribution in [2.45, 2.75) is 19.6 Å². The fourth-order valence-electron chi connectivity index (χ4n) is 2.07. The molecule has 25 heavy (non-hydrogen) atoms. The van der Waals surface area contributed by atoms with Crippen molar-refractivity contribution >= 4 is 52.4 Å². The summed E-state index contributed by atoms with van der Waals surface area (Å²) in [6.45, 7) is 0. The molecule has 0 spiro atoms. The SMILES string of the molecule is O=[N+]([O-])c1cc(Cl)c(Sc2ccc(Cl)cc2)cc1Sc1ccccc1. The zero-order valence-corrected chi connectivity index (χ0v) is 15.8. The molecule has 0 unspecified atom stereocenters. The van der Waals surface area contributed by atoms with E-state index in [2.05, 4.69) is 0 Å². The van der Waals surface area contributed by atoms with Crippen molar-refractivity contribution in [1.29, 1.82) is 0 Å². The fraction of sp³-hybridized carbons (Fsp3) is 0. The molecule has 0 aliphatic rings. The molecular formula is C18H11Cl2NO2S2. The molecule has 0 aliphatic carbocycles. The maximum atomic E-state index is 11.4. The summed E-state index contributed by atoms with van der Waals surface area (Å²) >= 11 is 15.0. The van der Waals surface area contributed by atoms with Crippen LogP contribution in [0, 0.1) is 10.1 Å². The van der Waals surface area contributed by atoms with Gasteiger partial charge in [-0.2, -0.15) is 0 Å². The van der Waals surface area contributed by atoms with E-state index in [4.69, 9.17) is 23.2 Å². The normalized spacial score (nSPS) is 10.6. The molecule has 0 radical (unpaired) electrons. The lowest BCUT2D eigenvalue weighted by Crippen LogP contribution is -1.92.